The van der Waals surface area contributed by atoms with Crippen molar-refractivity contribution >= 4 is 11.6 Å². The minimum Gasteiger partial charge on any atom is -0.368 e. The summed E-state index contributed by atoms with van der Waals surface area (Å²) in [6.45, 7) is 4.14. The second kappa shape index (κ2) is 9.01. The molecule has 0 bridgehead atoms. The van der Waals surface area contributed by atoms with Crippen molar-refractivity contribution in [1.29, 1.82) is 0 Å². The lowest BCUT2D eigenvalue weighted by molar-refractivity contribution is -0.137. The van der Waals surface area contributed by atoms with Crippen molar-refractivity contribution in [3.63, 3.8) is 0 Å². The Balaban J connectivity index is 1.31. The lowest BCUT2D eigenvalue weighted by atomic mass is 10.1. The van der Waals surface area contributed by atoms with E-state index in [0.717, 1.165) is 23.0 Å². The minimum absolute atomic E-state index is 0.313. The lowest BCUT2D eigenvalue weighted by Gasteiger charge is -2.36. The zero-order chi connectivity index (χ0) is 24.6. The van der Waals surface area contributed by atoms with Crippen molar-refractivity contribution in [2.45, 2.75) is 13.1 Å². The molecule has 1 saturated heterocycles. The van der Waals surface area contributed by atoms with Crippen molar-refractivity contribution in [1.82, 2.24) is 19.7 Å². The fourth-order valence-corrected chi connectivity index (χ4v) is 4.13. The molecule has 2 aromatic carbocycles. The predicted molar refractivity (Wildman–Crippen MR) is 125 cm³/mol. The molecule has 0 N–H and O–H groups in total. The SMILES string of the molecule is Cc1nn(-c2ccc(F)cc2)cc1-c1ccnc(N2CCN(c3cccc(C(F)(F)F)c3)CC2)n1. The van der Waals surface area contributed by atoms with Crippen LogP contribution in [0.4, 0.5) is 29.2 Å². The molecule has 0 amide bonds. The Kier molecular flexibility index (Phi) is 5.88. The summed E-state index contributed by atoms with van der Waals surface area (Å²) in [6, 6.07) is 13.3. The summed E-state index contributed by atoms with van der Waals surface area (Å²) in [5.74, 6) is 0.242. The van der Waals surface area contributed by atoms with E-state index in [9.17, 15) is 17.6 Å². The zero-order valence-corrected chi connectivity index (χ0v) is 18.9. The summed E-state index contributed by atoms with van der Waals surface area (Å²) >= 11 is 0. The first kappa shape index (κ1) is 22.8. The normalized spacial score (nSPS) is 14.4. The van der Waals surface area contributed by atoms with Crippen molar-refractivity contribution in [3.05, 3.63) is 84.1 Å². The van der Waals surface area contributed by atoms with Gasteiger partial charge in [0.05, 0.1) is 22.6 Å². The Bertz CT molecular complexity index is 1320. The van der Waals surface area contributed by atoms with Gasteiger partial charge in [0.25, 0.3) is 0 Å². The molecule has 1 aliphatic rings. The van der Waals surface area contributed by atoms with E-state index in [1.54, 1.807) is 35.1 Å². The average Bonchev–Trinajstić information content (AvgIpc) is 3.26. The van der Waals surface area contributed by atoms with E-state index in [1.807, 2.05) is 22.9 Å². The maximum atomic E-state index is 13.3. The molecule has 2 aromatic heterocycles. The summed E-state index contributed by atoms with van der Waals surface area (Å²) < 4.78 is 54.2. The highest BCUT2D eigenvalue weighted by Gasteiger charge is 2.31. The number of nitrogens with zero attached hydrogens (tertiary/aromatic N) is 6. The van der Waals surface area contributed by atoms with Crippen LogP contribution in [0.2, 0.25) is 0 Å². The lowest BCUT2D eigenvalue weighted by Crippen LogP contribution is -2.47. The van der Waals surface area contributed by atoms with Gasteiger partial charge in [-0.1, -0.05) is 6.07 Å². The molecule has 1 fully saturated rings. The van der Waals surface area contributed by atoms with Crippen molar-refractivity contribution < 1.29 is 17.6 Å². The minimum atomic E-state index is -4.37. The number of halogens is 4. The Morgan fingerprint density at radius 1 is 0.857 bits per heavy atom. The molecule has 180 valence electrons. The second-order valence-corrected chi connectivity index (χ2v) is 8.31. The molecule has 4 aromatic rings. The van der Waals surface area contributed by atoms with Gasteiger partial charge in [0.2, 0.25) is 5.95 Å². The van der Waals surface area contributed by atoms with Crippen LogP contribution >= 0.6 is 0 Å². The van der Waals surface area contributed by atoms with Gasteiger partial charge in [0, 0.05) is 49.8 Å². The van der Waals surface area contributed by atoms with Crippen LogP contribution in [-0.2, 0) is 6.18 Å². The molecule has 1 aliphatic heterocycles. The quantitative estimate of drug-likeness (QED) is 0.378. The summed E-state index contributed by atoms with van der Waals surface area (Å²) in [5.41, 5.74) is 2.96. The van der Waals surface area contributed by atoms with E-state index >= 15 is 0 Å². The van der Waals surface area contributed by atoms with Gasteiger partial charge in [0.15, 0.2) is 0 Å². The molecule has 0 atom stereocenters. The summed E-state index contributed by atoms with van der Waals surface area (Å²) in [6.07, 6.45) is -0.833. The molecule has 0 spiro atoms. The topological polar surface area (TPSA) is 50.1 Å². The van der Waals surface area contributed by atoms with E-state index < -0.39 is 11.7 Å². The van der Waals surface area contributed by atoms with E-state index in [1.165, 1.54) is 24.3 Å². The van der Waals surface area contributed by atoms with Crippen LogP contribution in [-0.4, -0.2) is 45.9 Å². The Morgan fingerprint density at radius 2 is 1.57 bits per heavy atom. The van der Waals surface area contributed by atoms with Crippen LogP contribution in [0.25, 0.3) is 16.9 Å². The zero-order valence-electron chi connectivity index (χ0n) is 18.9. The first-order chi connectivity index (χ1) is 16.8. The molecule has 5 rings (SSSR count). The Morgan fingerprint density at radius 3 is 2.29 bits per heavy atom. The summed E-state index contributed by atoms with van der Waals surface area (Å²) in [7, 11) is 0. The van der Waals surface area contributed by atoms with E-state index in [0.29, 0.717) is 43.5 Å². The molecule has 10 heteroatoms. The highest BCUT2D eigenvalue weighted by molar-refractivity contribution is 5.63. The van der Waals surface area contributed by atoms with E-state index in [2.05, 4.69) is 10.1 Å². The van der Waals surface area contributed by atoms with Gasteiger partial charge < -0.3 is 9.80 Å². The molecule has 0 saturated carbocycles. The number of aromatic nitrogens is 4. The standard InChI is InChI=1S/C25H22F4N6/c1-17-22(16-35(32-17)20-7-5-19(26)6-8-20)23-9-10-30-24(31-23)34-13-11-33(12-14-34)21-4-2-3-18(15-21)25(27,28)29/h2-10,15-16H,11-14H2,1H3. The van der Waals surface area contributed by atoms with Crippen molar-refractivity contribution in [2.24, 2.45) is 0 Å². The molecular weight excluding hydrogens is 460 g/mol. The third-order valence-electron chi connectivity index (χ3n) is 6.01. The third-order valence-corrected chi connectivity index (χ3v) is 6.01. The number of aryl methyl sites for hydroxylation is 1. The van der Waals surface area contributed by atoms with Gasteiger partial charge in [-0.25, -0.2) is 19.0 Å². The van der Waals surface area contributed by atoms with Gasteiger partial charge in [-0.05, 0) is 55.5 Å². The van der Waals surface area contributed by atoms with Gasteiger partial charge in [-0.3, -0.25) is 0 Å². The molecule has 0 radical (unpaired) electrons. The number of hydrogen-bond acceptors (Lipinski definition) is 5. The van der Waals surface area contributed by atoms with Crippen molar-refractivity contribution in [3.8, 4) is 16.9 Å². The summed E-state index contributed by atoms with van der Waals surface area (Å²) in [5, 5.41) is 4.53. The molecule has 35 heavy (non-hydrogen) atoms. The summed E-state index contributed by atoms with van der Waals surface area (Å²) in [4.78, 5) is 13.1. The molecule has 3 heterocycles. The highest BCUT2D eigenvalue weighted by atomic mass is 19.4. The molecule has 0 unspecified atom stereocenters. The number of anilines is 2. The molecule has 0 aliphatic carbocycles. The van der Waals surface area contributed by atoms with Gasteiger partial charge in [-0.15, -0.1) is 0 Å². The predicted octanol–water partition coefficient (Wildman–Crippen LogP) is 5.12. The van der Waals surface area contributed by atoms with Gasteiger partial charge >= 0.3 is 6.18 Å². The molecule has 6 nitrogen and oxygen atoms in total. The monoisotopic (exact) mass is 482 g/mol. The van der Waals surface area contributed by atoms with Gasteiger partial charge in [0.1, 0.15) is 5.82 Å². The highest BCUT2D eigenvalue weighted by Crippen LogP contribution is 2.32. The van der Waals surface area contributed by atoms with Crippen molar-refractivity contribution in [2.75, 3.05) is 36.0 Å². The van der Waals surface area contributed by atoms with E-state index in [4.69, 9.17) is 4.98 Å². The first-order valence-corrected chi connectivity index (χ1v) is 11.1. The maximum Gasteiger partial charge on any atom is 0.416 e. The molecular formula is C25H22F4N6. The van der Waals surface area contributed by atoms with Crippen LogP contribution in [0.3, 0.4) is 0 Å². The fraction of sp³-hybridized carbons (Fsp3) is 0.240. The van der Waals surface area contributed by atoms with Crippen LogP contribution < -0.4 is 9.80 Å². The number of hydrogen-bond donors (Lipinski definition) is 0. The van der Waals surface area contributed by atoms with Gasteiger partial charge in [-0.2, -0.15) is 18.3 Å². The number of piperazine rings is 1. The van der Waals surface area contributed by atoms with Crippen LogP contribution in [0, 0.1) is 12.7 Å². The Hall–Kier alpha value is -3.95. The van der Waals surface area contributed by atoms with E-state index in [-0.39, 0.29) is 5.82 Å². The maximum absolute atomic E-state index is 13.3. The number of rotatable bonds is 4. The third kappa shape index (κ3) is 4.82. The second-order valence-electron chi connectivity index (χ2n) is 8.31. The van der Waals surface area contributed by atoms with Crippen LogP contribution in [0.1, 0.15) is 11.3 Å². The van der Waals surface area contributed by atoms with Crippen LogP contribution in [0.5, 0.6) is 0 Å². The van der Waals surface area contributed by atoms with Crippen LogP contribution in [0.15, 0.2) is 67.0 Å². The number of alkyl halides is 3. The first-order valence-electron chi connectivity index (χ1n) is 11.1. The fourth-order valence-electron chi connectivity index (χ4n) is 4.13. The largest absolute Gasteiger partial charge is 0.416 e. The number of benzene rings is 2. The average molecular weight is 482 g/mol. The smallest absolute Gasteiger partial charge is 0.368 e. The Labute approximate surface area is 199 Å².